The van der Waals surface area contributed by atoms with Gasteiger partial charge in [0.15, 0.2) is 11.4 Å². The molecule has 0 bridgehead atoms. The number of nitrogens with one attached hydrogen (secondary N) is 2. The van der Waals surface area contributed by atoms with E-state index < -0.39 is 23.4 Å². The fraction of sp³-hybridized carbons (Fsp3) is 0.192. The van der Waals surface area contributed by atoms with E-state index in [1.807, 2.05) is 24.3 Å². The van der Waals surface area contributed by atoms with Gasteiger partial charge in [-0.15, -0.1) is 0 Å². The number of rotatable bonds is 4. The average molecular weight is 534 g/mol. The van der Waals surface area contributed by atoms with Crippen LogP contribution in [0.25, 0.3) is 10.8 Å². The van der Waals surface area contributed by atoms with Crippen LogP contribution in [0.1, 0.15) is 28.0 Å². The van der Waals surface area contributed by atoms with Gasteiger partial charge < -0.3 is 20.7 Å². The minimum Gasteiger partial charge on any atom is -0.436 e. The first-order chi connectivity index (χ1) is 18.3. The molecule has 4 heterocycles. The van der Waals surface area contributed by atoms with Gasteiger partial charge >= 0.3 is 6.09 Å². The molecular formula is C26H21ClFN7O3. The Labute approximate surface area is 221 Å². The van der Waals surface area contributed by atoms with Crippen LogP contribution in [0.2, 0.25) is 5.02 Å². The summed E-state index contributed by atoms with van der Waals surface area (Å²) in [5.74, 6) is -0.193. The van der Waals surface area contributed by atoms with Crippen molar-refractivity contribution in [2.45, 2.75) is 18.6 Å². The Bertz CT molecular complexity index is 1620. The molecule has 38 heavy (non-hydrogen) atoms. The molecule has 0 radical (unpaired) electrons. The molecule has 0 saturated carbocycles. The lowest BCUT2D eigenvalue weighted by Crippen LogP contribution is -2.42. The van der Waals surface area contributed by atoms with E-state index in [-0.39, 0.29) is 29.4 Å². The number of hydrogen-bond donors (Lipinski definition) is 3. The molecule has 1 saturated heterocycles. The highest BCUT2D eigenvalue weighted by Gasteiger charge is 2.50. The summed E-state index contributed by atoms with van der Waals surface area (Å²) in [6, 6.07) is 10.5. The van der Waals surface area contributed by atoms with E-state index in [2.05, 4.69) is 25.6 Å². The second kappa shape index (κ2) is 9.10. The molecule has 10 nitrogen and oxygen atoms in total. The molecule has 2 amide bonds. The van der Waals surface area contributed by atoms with E-state index in [1.54, 1.807) is 17.2 Å². The minimum atomic E-state index is -1.25. The first-order valence-corrected chi connectivity index (χ1v) is 12.2. The fourth-order valence-corrected chi connectivity index (χ4v) is 5.14. The van der Waals surface area contributed by atoms with Crippen molar-refractivity contribution in [3.63, 3.8) is 0 Å². The first kappa shape index (κ1) is 23.9. The zero-order valence-corrected chi connectivity index (χ0v) is 20.6. The third-order valence-electron chi connectivity index (χ3n) is 6.80. The second-order valence-electron chi connectivity index (χ2n) is 9.16. The molecule has 4 N–H and O–H groups in total. The Kier molecular flexibility index (Phi) is 5.72. The van der Waals surface area contributed by atoms with Crippen LogP contribution in [0.5, 0.6) is 0 Å². The third kappa shape index (κ3) is 4.10. The second-order valence-corrected chi connectivity index (χ2v) is 9.57. The lowest BCUT2D eigenvalue weighted by atomic mass is 9.89. The predicted molar refractivity (Wildman–Crippen MR) is 139 cm³/mol. The lowest BCUT2D eigenvalue weighted by molar-refractivity contribution is 0.0263. The molecule has 1 atom stereocenters. The highest BCUT2D eigenvalue weighted by molar-refractivity contribution is 6.31. The van der Waals surface area contributed by atoms with Crippen molar-refractivity contribution in [1.82, 2.24) is 20.3 Å². The van der Waals surface area contributed by atoms with Gasteiger partial charge in [0.1, 0.15) is 17.3 Å². The highest BCUT2D eigenvalue weighted by atomic mass is 35.5. The Hall–Kier alpha value is -4.51. The summed E-state index contributed by atoms with van der Waals surface area (Å²) in [5, 5.41) is 7.08. The van der Waals surface area contributed by atoms with Gasteiger partial charge in [-0.2, -0.15) is 0 Å². The van der Waals surface area contributed by atoms with Crippen LogP contribution in [-0.4, -0.2) is 40.0 Å². The number of nitrogens with two attached hydrogens (primary N) is 1. The molecule has 2 aliphatic rings. The lowest BCUT2D eigenvalue weighted by Gasteiger charge is -2.35. The monoisotopic (exact) mass is 533 g/mol. The van der Waals surface area contributed by atoms with Crippen molar-refractivity contribution < 1.29 is 18.7 Å². The maximum absolute atomic E-state index is 15.1. The van der Waals surface area contributed by atoms with Gasteiger partial charge in [0.25, 0.3) is 5.91 Å². The smallest absolute Gasteiger partial charge is 0.412 e. The number of halogens is 2. The number of benzene rings is 2. The summed E-state index contributed by atoms with van der Waals surface area (Å²) in [7, 11) is 0. The van der Waals surface area contributed by atoms with E-state index in [4.69, 9.17) is 22.1 Å². The van der Waals surface area contributed by atoms with Crippen LogP contribution in [0.4, 0.5) is 26.5 Å². The van der Waals surface area contributed by atoms with E-state index in [9.17, 15) is 9.59 Å². The first-order valence-electron chi connectivity index (χ1n) is 11.8. The SMILES string of the molecule is Nc1nccc2cc(CNC(=O)c3cncc(N4CC[C@]5(C4)OC(=O)Nc4ccc(Cl)c(F)c45)n3)ccc12. The normalized spacial score (nSPS) is 18.3. The molecule has 4 aromatic rings. The van der Waals surface area contributed by atoms with Crippen LogP contribution in [0, 0.1) is 5.82 Å². The maximum Gasteiger partial charge on any atom is 0.412 e. The van der Waals surface area contributed by atoms with Gasteiger partial charge in [-0.25, -0.2) is 19.2 Å². The summed E-state index contributed by atoms with van der Waals surface area (Å²) in [6.07, 6.45) is 4.15. The Balaban J connectivity index is 1.20. The molecule has 1 fully saturated rings. The Morgan fingerprint density at radius 2 is 2.13 bits per heavy atom. The summed E-state index contributed by atoms with van der Waals surface area (Å²) in [5.41, 5.74) is 6.18. The van der Waals surface area contributed by atoms with Crippen molar-refractivity contribution in [3.8, 4) is 0 Å². The molecule has 0 unspecified atom stereocenters. The summed E-state index contributed by atoms with van der Waals surface area (Å²) < 4.78 is 20.7. The molecule has 192 valence electrons. The summed E-state index contributed by atoms with van der Waals surface area (Å²) in [6.45, 7) is 0.794. The molecule has 6 rings (SSSR count). The topological polar surface area (TPSA) is 135 Å². The maximum atomic E-state index is 15.1. The number of ether oxygens (including phenoxy) is 1. The Morgan fingerprint density at radius 3 is 3.00 bits per heavy atom. The number of nitrogens with zero attached hydrogens (tertiary/aromatic N) is 4. The van der Waals surface area contributed by atoms with Gasteiger partial charge in [-0.1, -0.05) is 23.7 Å². The number of aromatic nitrogens is 3. The zero-order chi connectivity index (χ0) is 26.4. The fourth-order valence-electron chi connectivity index (χ4n) is 4.98. The van der Waals surface area contributed by atoms with Crippen LogP contribution < -0.4 is 21.3 Å². The quantitative estimate of drug-likeness (QED) is 0.358. The van der Waals surface area contributed by atoms with Gasteiger partial charge in [0, 0.05) is 31.1 Å². The molecule has 2 aromatic heterocycles. The number of hydrogen-bond acceptors (Lipinski definition) is 8. The van der Waals surface area contributed by atoms with E-state index >= 15 is 4.39 Å². The van der Waals surface area contributed by atoms with Crippen LogP contribution >= 0.6 is 11.6 Å². The zero-order valence-electron chi connectivity index (χ0n) is 19.9. The van der Waals surface area contributed by atoms with Crippen molar-refractivity contribution in [2.24, 2.45) is 0 Å². The van der Waals surface area contributed by atoms with Gasteiger partial charge in [-0.05, 0) is 35.2 Å². The molecule has 1 spiro atoms. The van der Waals surface area contributed by atoms with Crippen molar-refractivity contribution in [3.05, 3.63) is 82.6 Å². The highest BCUT2D eigenvalue weighted by Crippen LogP contribution is 2.46. The van der Waals surface area contributed by atoms with Crippen molar-refractivity contribution >= 4 is 51.7 Å². The predicted octanol–water partition coefficient (Wildman–Crippen LogP) is 4.00. The molecule has 2 aromatic carbocycles. The molecule has 12 heteroatoms. The van der Waals surface area contributed by atoms with Crippen LogP contribution in [0.15, 0.2) is 55.0 Å². The van der Waals surface area contributed by atoms with Crippen molar-refractivity contribution in [2.75, 3.05) is 29.0 Å². The number of amides is 2. The van der Waals surface area contributed by atoms with Crippen LogP contribution in [-0.2, 0) is 16.9 Å². The third-order valence-corrected chi connectivity index (χ3v) is 7.09. The average Bonchev–Trinajstić information content (AvgIpc) is 3.33. The number of carbonyl (C=O) groups excluding carboxylic acids is 2. The van der Waals surface area contributed by atoms with Gasteiger partial charge in [0.05, 0.1) is 35.2 Å². The number of anilines is 3. The summed E-state index contributed by atoms with van der Waals surface area (Å²) >= 11 is 6.03. The van der Waals surface area contributed by atoms with E-state index in [1.165, 1.54) is 18.5 Å². The van der Waals surface area contributed by atoms with Crippen LogP contribution in [0.3, 0.4) is 0 Å². The van der Waals surface area contributed by atoms with E-state index in [0.717, 1.165) is 16.3 Å². The van der Waals surface area contributed by atoms with Gasteiger partial charge in [0.2, 0.25) is 0 Å². The number of nitrogen functional groups attached to an aromatic ring is 1. The molecule has 2 aliphatic heterocycles. The standard InChI is InChI=1S/C26H21ClFN7O3/c27-17-3-4-18-21(22(17)28)26(38-25(37)34-18)6-8-35(13-26)20-12-30-11-19(33-20)24(36)32-10-14-1-2-16-15(9-14)5-7-31-23(16)29/h1-5,7,9,11-12H,6,8,10,13H2,(H2,29,31)(H,32,36)(H,34,37)/t26-/m1/s1. The number of pyridine rings is 1. The van der Waals surface area contributed by atoms with Crippen molar-refractivity contribution in [1.29, 1.82) is 0 Å². The number of carbonyl (C=O) groups is 2. The van der Waals surface area contributed by atoms with E-state index in [0.29, 0.717) is 30.3 Å². The molecular weight excluding hydrogens is 513 g/mol. The largest absolute Gasteiger partial charge is 0.436 e. The Morgan fingerprint density at radius 1 is 1.26 bits per heavy atom. The van der Waals surface area contributed by atoms with Gasteiger partial charge in [-0.3, -0.25) is 15.1 Å². The summed E-state index contributed by atoms with van der Waals surface area (Å²) in [4.78, 5) is 39.7. The molecule has 0 aliphatic carbocycles. The number of fused-ring (bicyclic) bond motifs is 3. The minimum absolute atomic E-state index is 0.0636.